The van der Waals surface area contributed by atoms with Crippen LogP contribution in [0.3, 0.4) is 0 Å². The molecule has 0 aliphatic heterocycles. The van der Waals surface area contributed by atoms with E-state index >= 15 is 0 Å². The van der Waals surface area contributed by atoms with E-state index in [1.54, 1.807) is 36.4 Å². The lowest BCUT2D eigenvalue weighted by atomic mass is 10.2. The van der Waals surface area contributed by atoms with Crippen LogP contribution in [-0.4, -0.2) is 32.4 Å². The van der Waals surface area contributed by atoms with Gasteiger partial charge in [0, 0.05) is 5.02 Å². The summed E-state index contributed by atoms with van der Waals surface area (Å²) in [6.45, 7) is 1.47. The van der Waals surface area contributed by atoms with E-state index in [1.165, 1.54) is 12.1 Å². The van der Waals surface area contributed by atoms with Crippen molar-refractivity contribution in [3.8, 4) is 0 Å². The summed E-state index contributed by atoms with van der Waals surface area (Å²) in [5, 5.41) is 13.5. The van der Waals surface area contributed by atoms with Crippen LogP contribution in [0.1, 0.15) is 11.1 Å². The highest BCUT2D eigenvalue weighted by Crippen LogP contribution is 2.15. The number of aryl methyl sites for hydroxylation is 1. The van der Waals surface area contributed by atoms with E-state index < -0.39 is 22.8 Å². The Balaban J connectivity index is 1.92. The van der Waals surface area contributed by atoms with Crippen molar-refractivity contribution in [2.75, 3.05) is 6.61 Å². The van der Waals surface area contributed by atoms with Gasteiger partial charge in [0.05, 0.1) is 17.7 Å². The standard InChI is InChI=1S/C17H18ClNO5S/c1-13-2-8-17(9-3-13)25(21,22)24-16(11-20)10-19-23-12-14-4-6-15(18)7-5-14/h2-10,16,20H,11-12H2,1H3/b19-10+/t16-/m0/s1. The van der Waals surface area contributed by atoms with Gasteiger partial charge in [0.2, 0.25) is 0 Å². The molecule has 0 heterocycles. The van der Waals surface area contributed by atoms with Crippen molar-refractivity contribution in [2.45, 2.75) is 24.5 Å². The fraction of sp³-hybridized carbons (Fsp3) is 0.235. The Morgan fingerprint density at radius 1 is 1.16 bits per heavy atom. The highest BCUT2D eigenvalue weighted by molar-refractivity contribution is 7.86. The molecule has 25 heavy (non-hydrogen) atoms. The number of halogens is 1. The predicted molar refractivity (Wildman–Crippen MR) is 95.1 cm³/mol. The Hall–Kier alpha value is -1.93. The maximum atomic E-state index is 12.2. The summed E-state index contributed by atoms with van der Waals surface area (Å²) in [6, 6.07) is 13.2. The molecule has 0 unspecified atom stereocenters. The van der Waals surface area contributed by atoms with Gasteiger partial charge in [-0.25, -0.2) is 0 Å². The topological polar surface area (TPSA) is 85.2 Å². The number of nitrogens with zero attached hydrogens (tertiary/aromatic N) is 1. The van der Waals surface area contributed by atoms with Crippen molar-refractivity contribution in [2.24, 2.45) is 5.16 Å². The van der Waals surface area contributed by atoms with Gasteiger partial charge in [0.1, 0.15) is 12.7 Å². The second-order valence-electron chi connectivity index (χ2n) is 5.24. The third-order valence-corrected chi connectivity index (χ3v) is 4.79. The third kappa shape index (κ3) is 6.13. The second kappa shape index (κ2) is 8.96. The number of benzene rings is 2. The minimum Gasteiger partial charge on any atom is -0.393 e. The number of hydrogen-bond donors (Lipinski definition) is 1. The molecule has 0 saturated heterocycles. The molecule has 0 aromatic heterocycles. The summed E-state index contributed by atoms with van der Waals surface area (Å²) in [4.78, 5) is 5.07. The zero-order valence-electron chi connectivity index (χ0n) is 13.5. The third-order valence-electron chi connectivity index (χ3n) is 3.19. The van der Waals surface area contributed by atoms with Crippen LogP contribution in [0.15, 0.2) is 58.6 Å². The van der Waals surface area contributed by atoms with E-state index in [9.17, 15) is 13.5 Å². The Morgan fingerprint density at radius 3 is 2.40 bits per heavy atom. The monoisotopic (exact) mass is 383 g/mol. The van der Waals surface area contributed by atoms with Crippen LogP contribution >= 0.6 is 11.6 Å². The van der Waals surface area contributed by atoms with Crippen molar-refractivity contribution in [3.63, 3.8) is 0 Å². The molecule has 1 N–H and O–H groups in total. The molecule has 0 aliphatic carbocycles. The van der Waals surface area contributed by atoms with Crippen LogP contribution in [0, 0.1) is 6.92 Å². The number of rotatable bonds is 8. The molecule has 0 aliphatic rings. The number of aliphatic hydroxyl groups is 1. The van der Waals surface area contributed by atoms with E-state index in [2.05, 4.69) is 5.16 Å². The van der Waals surface area contributed by atoms with Crippen LogP contribution in [0.5, 0.6) is 0 Å². The smallest absolute Gasteiger partial charge is 0.297 e. The largest absolute Gasteiger partial charge is 0.393 e. The van der Waals surface area contributed by atoms with Gasteiger partial charge in [0.25, 0.3) is 10.1 Å². The summed E-state index contributed by atoms with van der Waals surface area (Å²) >= 11 is 5.78. The van der Waals surface area contributed by atoms with Gasteiger partial charge < -0.3 is 9.94 Å². The molecule has 6 nitrogen and oxygen atoms in total. The van der Waals surface area contributed by atoms with Crippen LogP contribution in [0.2, 0.25) is 5.02 Å². The fourth-order valence-electron chi connectivity index (χ4n) is 1.83. The Morgan fingerprint density at radius 2 is 1.80 bits per heavy atom. The molecule has 0 radical (unpaired) electrons. The van der Waals surface area contributed by atoms with Crippen molar-refractivity contribution in [1.29, 1.82) is 0 Å². The Bertz CT molecular complexity index is 804. The van der Waals surface area contributed by atoms with Crippen LogP contribution < -0.4 is 0 Å². The predicted octanol–water partition coefficient (Wildman–Crippen LogP) is 2.92. The summed E-state index contributed by atoms with van der Waals surface area (Å²) in [5.74, 6) is 0. The van der Waals surface area contributed by atoms with Gasteiger partial charge in [-0.15, -0.1) is 0 Å². The molecule has 0 spiro atoms. The molecule has 2 rings (SSSR count). The average molecular weight is 384 g/mol. The molecular formula is C17H18ClNO5S. The molecule has 0 saturated carbocycles. The molecule has 1 atom stereocenters. The molecular weight excluding hydrogens is 366 g/mol. The minimum atomic E-state index is -4.00. The van der Waals surface area contributed by atoms with Crippen LogP contribution in [0.25, 0.3) is 0 Å². The maximum absolute atomic E-state index is 12.2. The summed E-state index contributed by atoms with van der Waals surface area (Å²) in [6.07, 6.45) is -0.0432. The first-order valence-electron chi connectivity index (χ1n) is 7.41. The summed E-state index contributed by atoms with van der Waals surface area (Å²) in [5.41, 5.74) is 1.77. The summed E-state index contributed by atoms with van der Waals surface area (Å²) in [7, 11) is -4.00. The lowest BCUT2D eigenvalue weighted by molar-refractivity contribution is 0.122. The van der Waals surface area contributed by atoms with Crippen LogP contribution in [0.4, 0.5) is 0 Å². The first-order chi connectivity index (χ1) is 11.9. The average Bonchev–Trinajstić information content (AvgIpc) is 2.59. The van der Waals surface area contributed by atoms with Crippen molar-refractivity contribution in [3.05, 3.63) is 64.7 Å². The maximum Gasteiger partial charge on any atom is 0.297 e. The van der Waals surface area contributed by atoms with Crippen LogP contribution in [-0.2, 0) is 25.7 Å². The highest BCUT2D eigenvalue weighted by Gasteiger charge is 2.20. The van der Waals surface area contributed by atoms with E-state index in [-0.39, 0.29) is 11.5 Å². The first kappa shape index (κ1) is 19.4. The van der Waals surface area contributed by atoms with Gasteiger partial charge in [-0.1, -0.05) is 46.6 Å². The Labute approximate surface area is 151 Å². The van der Waals surface area contributed by atoms with Gasteiger partial charge in [-0.2, -0.15) is 8.42 Å². The first-order valence-corrected chi connectivity index (χ1v) is 9.20. The molecule has 2 aromatic carbocycles. The lowest BCUT2D eigenvalue weighted by Gasteiger charge is -2.11. The molecule has 0 fully saturated rings. The second-order valence-corrected chi connectivity index (χ2v) is 7.25. The normalized spacial score (nSPS) is 13.1. The van der Waals surface area contributed by atoms with Gasteiger partial charge >= 0.3 is 0 Å². The van der Waals surface area contributed by atoms with E-state index in [0.29, 0.717) is 5.02 Å². The van der Waals surface area contributed by atoms with Crippen molar-refractivity contribution >= 4 is 27.9 Å². The quantitative estimate of drug-likeness (QED) is 0.430. The zero-order valence-corrected chi connectivity index (χ0v) is 15.1. The highest BCUT2D eigenvalue weighted by atomic mass is 35.5. The molecule has 8 heteroatoms. The number of oxime groups is 1. The summed E-state index contributed by atoms with van der Waals surface area (Å²) < 4.78 is 29.3. The Kier molecular flexibility index (Phi) is 6.95. The minimum absolute atomic E-state index is 0.00651. The molecule has 0 amide bonds. The molecule has 134 valence electrons. The van der Waals surface area contributed by atoms with E-state index in [4.69, 9.17) is 20.6 Å². The van der Waals surface area contributed by atoms with Crippen molar-refractivity contribution in [1.82, 2.24) is 0 Å². The number of hydrogen-bond acceptors (Lipinski definition) is 6. The van der Waals surface area contributed by atoms with Crippen molar-refractivity contribution < 1.29 is 22.5 Å². The van der Waals surface area contributed by atoms with E-state index in [0.717, 1.165) is 17.3 Å². The lowest BCUT2D eigenvalue weighted by Crippen LogP contribution is -2.23. The van der Waals surface area contributed by atoms with Gasteiger partial charge in [-0.3, -0.25) is 4.18 Å². The molecule has 0 bridgehead atoms. The van der Waals surface area contributed by atoms with E-state index in [1.807, 2.05) is 6.92 Å². The number of aliphatic hydroxyl groups excluding tert-OH is 1. The SMILES string of the molecule is Cc1ccc(S(=O)(=O)O[C@@H](/C=N/OCc2ccc(Cl)cc2)CO)cc1. The van der Waals surface area contributed by atoms with Gasteiger partial charge in [0.15, 0.2) is 0 Å². The molecule has 2 aromatic rings. The van der Waals surface area contributed by atoms with Gasteiger partial charge in [-0.05, 0) is 36.8 Å². The fourth-order valence-corrected chi connectivity index (χ4v) is 2.97. The zero-order chi connectivity index (χ0) is 18.3.